The number of ether oxygens (including phenoxy) is 2. The molecule has 0 heterocycles. The predicted octanol–water partition coefficient (Wildman–Crippen LogP) is 3.14. The second kappa shape index (κ2) is 5.51. The highest BCUT2D eigenvalue weighted by atomic mass is 79.9. The van der Waals surface area contributed by atoms with Gasteiger partial charge in [-0.3, -0.25) is 0 Å². The first-order chi connectivity index (χ1) is 7.13. The molecule has 1 rings (SSSR count). The second-order valence-electron chi connectivity index (χ2n) is 2.78. The first-order valence-electron chi connectivity index (χ1n) is 4.14. The monoisotopic (exact) mass is 336 g/mol. The molecule has 15 heavy (non-hydrogen) atoms. The standard InChI is InChI=1S/C10H10Br2O3/c1-14-9-7(10(13)15-2)3-6(5-11)4-8(9)12/h3-4H,5H2,1-2H3. The minimum Gasteiger partial charge on any atom is -0.495 e. The Hall–Kier alpha value is -0.550. The van der Waals surface area contributed by atoms with Crippen LogP contribution >= 0.6 is 31.9 Å². The third kappa shape index (κ3) is 2.72. The molecule has 0 spiro atoms. The smallest absolute Gasteiger partial charge is 0.341 e. The summed E-state index contributed by atoms with van der Waals surface area (Å²) >= 11 is 6.67. The lowest BCUT2D eigenvalue weighted by atomic mass is 10.1. The molecule has 0 aromatic heterocycles. The lowest BCUT2D eigenvalue weighted by Gasteiger charge is -2.10. The third-order valence-corrected chi connectivity index (χ3v) is 3.10. The van der Waals surface area contributed by atoms with Crippen LogP contribution in [0.3, 0.4) is 0 Å². The molecule has 0 aliphatic carbocycles. The molecule has 0 amide bonds. The van der Waals surface area contributed by atoms with Crippen LogP contribution in [-0.4, -0.2) is 20.2 Å². The molecule has 0 aliphatic rings. The summed E-state index contributed by atoms with van der Waals surface area (Å²) in [6, 6.07) is 3.63. The van der Waals surface area contributed by atoms with Gasteiger partial charge in [0.15, 0.2) is 0 Å². The van der Waals surface area contributed by atoms with Crippen molar-refractivity contribution in [3.63, 3.8) is 0 Å². The first kappa shape index (κ1) is 12.5. The van der Waals surface area contributed by atoms with E-state index in [1.807, 2.05) is 6.07 Å². The van der Waals surface area contributed by atoms with E-state index >= 15 is 0 Å². The highest BCUT2D eigenvalue weighted by Crippen LogP contribution is 2.31. The van der Waals surface area contributed by atoms with E-state index < -0.39 is 5.97 Å². The molecule has 0 saturated carbocycles. The van der Waals surface area contributed by atoms with Gasteiger partial charge in [-0.05, 0) is 33.6 Å². The Morgan fingerprint density at radius 3 is 2.53 bits per heavy atom. The second-order valence-corrected chi connectivity index (χ2v) is 4.20. The van der Waals surface area contributed by atoms with Crippen LogP contribution in [0.5, 0.6) is 5.75 Å². The molecule has 0 saturated heterocycles. The predicted molar refractivity (Wildman–Crippen MR) is 64.7 cm³/mol. The SMILES string of the molecule is COC(=O)c1cc(CBr)cc(Br)c1OC. The largest absolute Gasteiger partial charge is 0.495 e. The molecule has 0 fully saturated rings. The zero-order valence-electron chi connectivity index (χ0n) is 8.34. The fourth-order valence-electron chi connectivity index (χ4n) is 1.20. The number of carbonyl (C=O) groups excluding carboxylic acids is 1. The van der Waals surface area contributed by atoms with E-state index in [1.165, 1.54) is 14.2 Å². The van der Waals surface area contributed by atoms with E-state index in [1.54, 1.807) is 6.07 Å². The van der Waals surface area contributed by atoms with Gasteiger partial charge in [0.2, 0.25) is 0 Å². The first-order valence-corrected chi connectivity index (χ1v) is 6.06. The molecule has 0 N–H and O–H groups in total. The minimum atomic E-state index is -0.407. The van der Waals surface area contributed by atoms with Gasteiger partial charge < -0.3 is 9.47 Å². The molecular weight excluding hydrogens is 328 g/mol. The van der Waals surface area contributed by atoms with Crippen LogP contribution in [0.15, 0.2) is 16.6 Å². The lowest BCUT2D eigenvalue weighted by molar-refractivity contribution is 0.0597. The van der Waals surface area contributed by atoms with Crippen molar-refractivity contribution in [2.75, 3.05) is 14.2 Å². The van der Waals surface area contributed by atoms with Crippen molar-refractivity contribution in [1.29, 1.82) is 0 Å². The Bertz CT molecular complexity index is 377. The van der Waals surface area contributed by atoms with Crippen LogP contribution in [0.4, 0.5) is 0 Å². The number of alkyl halides is 1. The highest BCUT2D eigenvalue weighted by Gasteiger charge is 2.16. The van der Waals surface area contributed by atoms with E-state index in [0.717, 1.165) is 10.0 Å². The fourth-order valence-corrected chi connectivity index (χ4v) is 2.19. The molecule has 0 unspecified atom stereocenters. The molecule has 1 aromatic rings. The summed E-state index contributed by atoms with van der Waals surface area (Å²) in [5.41, 5.74) is 1.40. The third-order valence-electron chi connectivity index (χ3n) is 1.87. The van der Waals surface area contributed by atoms with Gasteiger partial charge in [-0.1, -0.05) is 15.9 Å². The zero-order chi connectivity index (χ0) is 11.4. The maximum Gasteiger partial charge on any atom is 0.341 e. The highest BCUT2D eigenvalue weighted by molar-refractivity contribution is 9.10. The normalized spacial score (nSPS) is 9.87. The van der Waals surface area contributed by atoms with Gasteiger partial charge in [-0.25, -0.2) is 4.79 Å². The summed E-state index contributed by atoms with van der Waals surface area (Å²) in [4.78, 5) is 11.5. The quantitative estimate of drug-likeness (QED) is 0.628. The molecule has 1 aromatic carbocycles. The van der Waals surface area contributed by atoms with Crippen molar-refractivity contribution in [2.24, 2.45) is 0 Å². The molecule has 0 radical (unpaired) electrons. The van der Waals surface area contributed by atoms with Gasteiger partial charge >= 0.3 is 5.97 Å². The van der Waals surface area contributed by atoms with Gasteiger partial charge in [0, 0.05) is 5.33 Å². The Labute approximate surface area is 105 Å². The summed E-state index contributed by atoms with van der Waals surface area (Å²) < 4.78 is 10.6. The summed E-state index contributed by atoms with van der Waals surface area (Å²) in [6.07, 6.45) is 0. The molecule has 0 bridgehead atoms. The van der Waals surface area contributed by atoms with Crippen LogP contribution in [0.2, 0.25) is 0 Å². The maximum absolute atomic E-state index is 11.5. The van der Waals surface area contributed by atoms with Crippen LogP contribution in [0.1, 0.15) is 15.9 Å². The number of hydrogen-bond donors (Lipinski definition) is 0. The molecule has 5 heteroatoms. The molecular formula is C10H10Br2O3. The van der Waals surface area contributed by atoms with Crippen molar-refractivity contribution in [3.8, 4) is 5.75 Å². The number of esters is 1. The van der Waals surface area contributed by atoms with Crippen molar-refractivity contribution >= 4 is 37.8 Å². The topological polar surface area (TPSA) is 35.5 Å². The Morgan fingerprint density at radius 2 is 2.07 bits per heavy atom. The Morgan fingerprint density at radius 1 is 1.40 bits per heavy atom. The Kier molecular flexibility index (Phi) is 4.60. The van der Waals surface area contributed by atoms with Crippen molar-refractivity contribution < 1.29 is 14.3 Å². The van der Waals surface area contributed by atoms with Crippen LogP contribution in [0.25, 0.3) is 0 Å². The average Bonchev–Trinajstić information content (AvgIpc) is 2.26. The molecule has 3 nitrogen and oxygen atoms in total. The number of benzene rings is 1. The molecule has 0 atom stereocenters. The number of carbonyl (C=O) groups is 1. The summed E-state index contributed by atoms with van der Waals surface area (Å²) in [5.74, 6) is 0.0851. The van der Waals surface area contributed by atoms with Crippen molar-refractivity contribution in [1.82, 2.24) is 0 Å². The van der Waals surface area contributed by atoms with E-state index in [2.05, 4.69) is 36.6 Å². The van der Waals surface area contributed by atoms with E-state index in [4.69, 9.17) is 4.74 Å². The van der Waals surface area contributed by atoms with Gasteiger partial charge in [-0.2, -0.15) is 0 Å². The van der Waals surface area contributed by atoms with Gasteiger partial charge in [-0.15, -0.1) is 0 Å². The summed E-state index contributed by atoms with van der Waals surface area (Å²) in [6.45, 7) is 0. The number of hydrogen-bond acceptors (Lipinski definition) is 3. The number of methoxy groups -OCH3 is 2. The molecule has 0 aliphatic heterocycles. The zero-order valence-corrected chi connectivity index (χ0v) is 11.5. The van der Waals surface area contributed by atoms with Crippen LogP contribution in [0, 0.1) is 0 Å². The van der Waals surface area contributed by atoms with Crippen molar-refractivity contribution in [3.05, 3.63) is 27.7 Å². The lowest BCUT2D eigenvalue weighted by Crippen LogP contribution is -2.05. The van der Waals surface area contributed by atoms with Crippen LogP contribution < -0.4 is 4.74 Å². The minimum absolute atomic E-state index is 0.407. The Balaban J connectivity index is 3.32. The van der Waals surface area contributed by atoms with E-state index in [0.29, 0.717) is 16.6 Å². The maximum atomic E-state index is 11.5. The summed E-state index contributed by atoms with van der Waals surface area (Å²) in [7, 11) is 2.86. The fraction of sp³-hybridized carbons (Fsp3) is 0.300. The van der Waals surface area contributed by atoms with Crippen LogP contribution in [-0.2, 0) is 10.1 Å². The number of rotatable bonds is 3. The summed E-state index contributed by atoms with van der Waals surface area (Å²) in [5, 5.41) is 0.666. The average molecular weight is 338 g/mol. The van der Waals surface area contributed by atoms with E-state index in [-0.39, 0.29) is 0 Å². The van der Waals surface area contributed by atoms with Gasteiger partial charge in [0.25, 0.3) is 0 Å². The van der Waals surface area contributed by atoms with Gasteiger partial charge in [0.1, 0.15) is 11.3 Å². The molecule has 82 valence electrons. The van der Waals surface area contributed by atoms with E-state index in [9.17, 15) is 4.79 Å². The van der Waals surface area contributed by atoms with Crippen molar-refractivity contribution in [2.45, 2.75) is 5.33 Å². The van der Waals surface area contributed by atoms with Gasteiger partial charge in [0.05, 0.1) is 18.7 Å². The number of halogens is 2.